The molecule has 0 aliphatic heterocycles. The van der Waals surface area contributed by atoms with Crippen LogP contribution < -0.4 is 0 Å². The van der Waals surface area contributed by atoms with E-state index in [1.54, 1.807) is 0 Å². The number of aryl methyl sites for hydroxylation is 1. The molecule has 2 aromatic rings. The second-order valence-corrected chi connectivity index (χ2v) is 4.05. The third-order valence-corrected chi connectivity index (χ3v) is 2.57. The molecule has 0 saturated heterocycles. The van der Waals surface area contributed by atoms with Crippen molar-refractivity contribution in [1.82, 2.24) is 14.8 Å². The molecule has 3 nitrogen and oxygen atoms in total. The minimum atomic E-state index is 0.304. The van der Waals surface area contributed by atoms with Crippen molar-refractivity contribution >= 4 is 22.6 Å². The van der Waals surface area contributed by atoms with Gasteiger partial charge in [0.1, 0.15) is 5.15 Å². The average molecular weight is 210 g/mol. The number of halogens is 1. The fraction of sp³-hybridized carbons (Fsp3) is 0.400. The fourth-order valence-electron chi connectivity index (χ4n) is 1.44. The Bertz CT molecular complexity index is 473. The van der Waals surface area contributed by atoms with Crippen molar-refractivity contribution in [2.45, 2.75) is 26.8 Å². The Balaban J connectivity index is 2.74. The number of aromatic nitrogens is 3. The van der Waals surface area contributed by atoms with E-state index >= 15 is 0 Å². The minimum absolute atomic E-state index is 0.304. The molecule has 0 spiro atoms. The molecular weight excluding hydrogens is 198 g/mol. The molecule has 0 radical (unpaired) electrons. The third-order valence-electron chi connectivity index (χ3n) is 2.19. The summed E-state index contributed by atoms with van der Waals surface area (Å²) in [4.78, 5) is 4.32. The van der Waals surface area contributed by atoms with E-state index in [9.17, 15) is 0 Å². The van der Waals surface area contributed by atoms with Crippen LogP contribution in [0.5, 0.6) is 0 Å². The van der Waals surface area contributed by atoms with Gasteiger partial charge in [0.15, 0.2) is 5.65 Å². The molecule has 2 aromatic heterocycles. The van der Waals surface area contributed by atoms with Crippen LogP contribution in [-0.2, 0) is 0 Å². The topological polar surface area (TPSA) is 30.7 Å². The Labute approximate surface area is 87.7 Å². The molecule has 74 valence electrons. The lowest BCUT2D eigenvalue weighted by molar-refractivity contribution is 0.546. The monoisotopic (exact) mass is 209 g/mol. The molecule has 2 rings (SSSR count). The summed E-state index contributed by atoms with van der Waals surface area (Å²) >= 11 is 5.97. The first-order chi connectivity index (χ1) is 6.59. The number of fused-ring (bicyclic) bond motifs is 1. The summed E-state index contributed by atoms with van der Waals surface area (Å²) in [6.45, 7) is 6.09. The second-order valence-electron chi connectivity index (χ2n) is 3.69. The summed E-state index contributed by atoms with van der Waals surface area (Å²) in [6.07, 6.45) is 1.83. The summed E-state index contributed by atoms with van der Waals surface area (Å²) in [5, 5.41) is 5.87. The lowest BCUT2D eigenvalue weighted by Crippen LogP contribution is -2.03. The average Bonchev–Trinajstić information content (AvgIpc) is 2.48. The van der Waals surface area contributed by atoms with Crippen LogP contribution in [0.3, 0.4) is 0 Å². The van der Waals surface area contributed by atoms with Gasteiger partial charge in [-0.15, -0.1) is 0 Å². The van der Waals surface area contributed by atoms with E-state index in [1.807, 2.05) is 23.9 Å². The van der Waals surface area contributed by atoms with Crippen LogP contribution in [0.15, 0.2) is 12.3 Å². The van der Waals surface area contributed by atoms with E-state index in [-0.39, 0.29) is 0 Å². The van der Waals surface area contributed by atoms with Gasteiger partial charge < -0.3 is 0 Å². The van der Waals surface area contributed by atoms with Gasteiger partial charge in [0.05, 0.1) is 6.20 Å². The SMILES string of the molecule is Cc1cc2cnn(C(C)C)c2nc1Cl. The Morgan fingerprint density at radius 3 is 2.79 bits per heavy atom. The van der Waals surface area contributed by atoms with Gasteiger partial charge in [-0.05, 0) is 32.4 Å². The van der Waals surface area contributed by atoms with Gasteiger partial charge >= 0.3 is 0 Å². The molecule has 0 N–H and O–H groups in total. The highest BCUT2D eigenvalue weighted by Crippen LogP contribution is 2.21. The highest BCUT2D eigenvalue weighted by atomic mass is 35.5. The predicted molar refractivity (Wildman–Crippen MR) is 57.7 cm³/mol. The molecular formula is C10H12ClN3. The highest BCUT2D eigenvalue weighted by Gasteiger charge is 2.08. The van der Waals surface area contributed by atoms with Gasteiger partial charge in [0, 0.05) is 11.4 Å². The summed E-state index contributed by atoms with van der Waals surface area (Å²) in [7, 11) is 0. The molecule has 0 bridgehead atoms. The van der Waals surface area contributed by atoms with Gasteiger partial charge in [0.25, 0.3) is 0 Å². The molecule has 0 atom stereocenters. The molecule has 0 aliphatic rings. The molecule has 0 saturated carbocycles. The summed E-state index contributed by atoms with van der Waals surface area (Å²) in [5.41, 5.74) is 1.85. The lowest BCUT2D eigenvalue weighted by atomic mass is 10.2. The van der Waals surface area contributed by atoms with Gasteiger partial charge in [-0.2, -0.15) is 5.10 Å². The molecule has 0 aromatic carbocycles. The number of rotatable bonds is 1. The van der Waals surface area contributed by atoms with E-state index < -0.39 is 0 Å². The Morgan fingerprint density at radius 2 is 2.14 bits per heavy atom. The number of hydrogen-bond acceptors (Lipinski definition) is 2. The van der Waals surface area contributed by atoms with E-state index in [2.05, 4.69) is 23.9 Å². The molecule has 14 heavy (non-hydrogen) atoms. The van der Waals surface area contributed by atoms with Crippen molar-refractivity contribution in [3.05, 3.63) is 23.0 Å². The standard InChI is InChI=1S/C10H12ClN3/c1-6(2)14-10-8(5-12-14)4-7(3)9(11)13-10/h4-6H,1-3H3. The van der Waals surface area contributed by atoms with Gasteiger partial charge in [-0.1, -0.05) is 11.6 Å². The van der Waals surface area contributed by atoms with Crippen molar-refractivity contribution in [1.29, 1.82) is 0 Å². The number of pyridine rings is 1. The van der Waals surface area contributed by atoms with Crippen molar-refractivity contribution in [2.24, 2.45) is 0 Å². The highest BCUT2D eigenvalue weighted by molar-refractivity contribution is 6.30. The van der Waals surface area contributed by atoms with E-state index in [4.69, 9.17) is 11.6 Å². The maximum atomic E-state index is 5.97. The maximum absolute atomic E-state index is 5.97. The first kappa shape index (κ1) is 9.46. The zero-order valence-corrected chi connectivity index (χ0v) is 9.21. The van der Waals surface area contributed by atoms with Crippen molar-refractivity contribution in [3.8, 4) is 0 Å². The molecule has 0 unspecified atom stereocenters. The normalized spacial score (nSPS) is 11.5. The van der Waals surface area contributed by atoms with Crippen LogP contribution in [0.1, 0.15) is 25.5 Å². The molecule has 2 heterocycles. The van der Waals surface area contributed by atoms with Gasteiger partial charge in [-0.25, -0.2) is 9.67 Å². The fourth-order valence-corrected chi connectivity index (χ4v) is 1.57. The van der Waals surface area contributed by atoms with E-state index in [1.165, 1.54) is 0 Å². The first-order valence-corrected chi connectivity index (χ1v) is 4.97. The van der Waals surface area contributed by atoms with Crippen LogP contribution in [-0.4, -0.2) is 14.8 Å². The largest absolute Gasteiger partial charge is 0.245 e. The first-order valence-electron chi connectivity index (χ1n) is 4.60. The van der Waals surface area contributed by atoms with Crippen LogP contribution in [0.2, 0.25) is 5.15 Å². The molecule has 0 fully saturated rings. The lowest BCUT2D eigenvalue weighted by Gasteiger charge is -2.06. The summed E-state index contributed by atoms with van der Waals surface area (Å²) in [6, 6.07) is 2.31. The van der Waals surface area contributed by atoms with Crippen molar-refractivity contribution < 1.29 is 0 Å². The van der Waals surface area contributed by atoms with Crippen LogP contribution in [0.4, 0.5) is 0 Å². The summed E-state index contributed by atoms with van der Waals surface area (Å²) in [5.74, 6) is 0. The Kier molecular flexibility index (Phi) is 2.19. The zero-order chi connectivity index (χ0) is 10.3. The van der Waals surface area contributed by atoms with E-state index in [0.717, 1.165) is 16.6 Å². The zero-order valence-electron chi connectivity index (χ0n) is 8.45. The number of hydrogen-bond donors (Lipinski definition) is 0. The van der Waals surface area contributed by atoms with E-state index in [0.29, 0.717) is 11.2 Å². The van der Waals surface area contributed by atoms with Crippen LogP contribution >= 0.6 is 11.6 Å². The Hall–Kier alpha value is -1.09. The third kappa shape index (κ3) is 1.38. The van der Waals surface area contributed by atoms with Gasteiger partial charge in [-0.3, -0.25) is 0 Å². The molecule has 0 aliphatic carbocycles. The van der Waals surface area contributed by atoms with Crippen molar-refractivity contribution in [3.63, 3.8) is 0 Å². The second kappa shape index (κ2) is 3.24. The number of nitrogens with zero attached hydrogens (tertiary/aromatic N) is 3. The summed E-state index contributed by atoms with van der Waals surface area (Å²) < 4.78 is 1.88. The maximum Gasteiger partial charge on any atom is 0.159 e. The molecule has 4 heteroatoms. The quantitative estimate of drug-likeness (QED) is 0.676. The Morgan fingerprint density at radius 1 is 1.43 bits per heavy atom. The van der Waals surface area contributed by atoms with Crippen LogP contribution in [0, 0.1) is 6.92 Å². The van der Waals surface area contributed by atoms with Crippen LogP contribution in [0.25, 0.3) is 11.0 Å². The van der Waals surface area contributed by atoms with Crippen molar-refractivity contribution in [2.75, 3.05) is 0 Å². The minimum Gasteiger partial charge on any atom is -0.245 e. The smallest absolute Gasteiger partial charge is 0.159 e. The predicted octanol–water partition coefficient (Wildman–Crippen LogP) is 2.97. The molecule has 0 amide bonds. The van der Waals surface area contributed by atoms with Gasteiger partial charge in [0.2, 0.25) is 0 Å².